The molecule has 2 heterocycles. The third kappa shape index (κ3) is 5.34. The van der Waals surface area contributed by atoms with Crippen LogP contribution in [0.15, 0.2) is 203 Å². The summed E-state index contributed by atoms with van der Waals surface area (Å²) in [5.74, 6) is 0.597. The number of furan rings is 1. The summed E-state index contributed by atoms with van der Waals surface area (Å²) in [6.45, 7) is 0. The first-order chi connectivity index (χ1) is 27.2. The third-order valence-electron chi connectivity index (χ3n) is 10.7. The monoisotopic (exact) mass is 704 g/mol. The number of hydrogen-bond donors (Lipinski definition) is 0. The average molecular weight is 705 g/mol. The van der Waals surface area contributed by atoms with Gasteiger partial charge in [-0.1, -0.05) is 121 Å². The number of nitrogens with zero attached hydrogens (tertiary/aromatic N) is 2. The van der Waals surface area contributed by atoms with Gasteiger partial charge in [0, 0.05) is 38.8 Å². The van der Waals surface area contributed by atoms with Crippen LogP contribution in [0.3, 0.4) is 0 Å². The third-order valence-corrected chi connectivity index (χ3v) is 10.7. The van der Waals surface area contributed by atoms with Gasteiger partial charge >= 0.3 is 0 Å². The molecular weight excluding hydrogens is 673 g/mol. The number of para-hydroxylation sites is 2. The highest BCUT2D eigenvalue weighted by Gasteiger charge is 2.18. The normalized spacial score (nSPS) is 11.6. The first-order valence-corrected chi connectivity index (χ1v) is 18.5. The van der Waals surface area contributed by atoms with Crippen LogP contribution in [0.25, 0.3) is 88.3 Å². The van der Waals surface area contributed by atoms with Gasteiger partial charge in [-0.3, -0.25) is 0 Å². The van der Waals surface area contributed by atoms with Crippen molar-refractivity contribution in [2.75, 3.05) is 4.90 Å². The predicted octanol–water partition coefficient (Wildman–Crippen LogP) is 14.5. The fourth-order valence-corrected chi connectivity index (χ4v) is 7.95. The molecule has 0 aliphatic carbocycles. The van der Waals surface area contributed by atoms with Crippen molar-refractivity contribution < 1.29 is 8.83 Å². The molecule has 0 fully saturated rings. The smallest absolute Gasteiger partial charge is 0.227 e. The molecule has 0 saturated heterocycles. The van der Waals surface area contributed by atoms with Gasteiger partial charge in [0.1, 0.15) is 16.7 Å². The maximum atomic E-state index is 6.56. The molecule has 11 rings (SSSR count). The lowest BCUT2D eigenvalue weighted by atomic mass is 9.95. The Kier molecular flexibility index (Phi) is 7.14. The highest BCUT2D eigenvalue weighted by molar-refractivity contribution is 6.19. The lowest BCUT2D eigenvalue weighted by Gasteiger charge is -2.26. The van der Waals surface area contributed by atoms with Crippen molar-refractivity contribution in [3.8, 4) is 33.7 Å². The summed E-state index contributed by atoms with van der Waals surface area (Å²) in [6, 6.07) is 68.4. The standard InChI is InChI=1S/C51H32N2O2/c1-2-10-33(11-3-1)35-18-24-39(25-19-35)53(41-28-20-34-12-4-5-13-37(34)30-41)40-26-21-36(22-27-40)44-32-46-45-31-38(51-52-47-16-8-9-17-49(47)55-51)23-29-48(45)54-50(46)43-15-7-6-14-42(43)44/h1-32H. The molecule has 4 nitrogen and oxygen atoms in total. The van der Waals surface area contributed by atoms with Crippen LogP contribution in [0.2, 0.25) is 0 Å². The summed E-state index contributed by atoms with van der Waals surface area (Å²) in [5, 5.41) is 6.73. The van der Waals surface area contributed by atoms with Gasteiger partial charge in [-0.25, -0.2) is 4.98 Å². The minimum atomic E-state index is 0.597. The van der Waals surface area contributed by atoms with Crippen molar-refractivity contribution in [3.63, 3.8) is 0 Å². The highest BCUT2D eigenvalue weighted by atomic mass is 16.3. The zero-order valence-electron chi connectivity index (χ0n) is 29.7. The zero-order chi connectivity index (χ0) is 36.3. The van der Waals surface area contributed by atoms with E-state index in [1.807, 2.05) is 36.4 Å². The molecule has 0 saturated carbocycles. The lowest BCUT2D eigenvalue weighted by Crippen LogP contribution is -2.09. The summed E-state index contributed by atoms with van der Waals surface area (Å²) < 4.78 is 12.7. The molecular formula is C51H32N2O2. The van der Waals surface area contributed by atoms with Crippen LogP contribution in [0.5, 0.6) is 0 Å². The number of rotatable bonds is 6. The van der Waals surface area contributed by atoms with E-state index in [9.17, 15) is 0 Å². The van der Waals surface area contributed by atoms with Gasteiger partial charge in [0.25, 0.3) is 0 Å². The number of anilines is 3. The second kappa shape index (κ2) is 12.6. The van der Waals surface area contributed by atoms with Crippen molar-refractivity contribution in [2.45, 2.75) is 0 Å². The maximum absolute atomic E-state index is 6.56. The molecule has 11 aromatic rings. The van der Waals surface area contributed by atoms with E-state index in [1.54, 1.807) is 0 Å². The van der Waals surface area contributed by atoms with E-state index < -0.39 is 0 Å². The Morgan fingerprint density at radius 2 is 1.00 bits per heavy atom. The van der Waals surface area contributed by atoms with Gasteiger partial charge in [0.05, 0.1) is 0 Å². The van der Waals surface area contributed by atoms with E-state index in [2.05, 4.69) is 163 Å². The van der Waals surface area contributed by atoms with Crippen LogP contribution < -0.4 is 4.90 Å². The van der Waals surface area contributed by atoms with E-state index in [-0.39, 0.29) is 0 Å². The fraction of sp³-hybridized carbons (Fsp3) is 0. The second-order valence-corrected chi connectivity index (χ2v) is 14.0. The van der Waals surface area contributed by atoms with Gasteiger partial charge in [-0.2, -0.15) is 0 Å². The molecule has 2 aromatic heterocycles. The lowest BCUT2D eigenvalue weighted by molar-refractivity contribution is 0.620. The maximum Gasteiger partial charge on any atom is 0.227 e. The van der Waals surface area contributed by atoms with Crippen molar-refractivity contribution in [1.29, 1.82) is 0 Å². The molecule has 0 amide bonds. The van der Waals surface area contributed by atoms with E-state index in [1.165, 1.54) is 21.9 Å². The fourth-order valence-electron chi connectivity index (χ4n) is 7.95. The highest BCUT2D eigenvalue weighted by Crippen LogP contribution is 2.43. The topological polar surface area (TPSA) is 42.4 Å². The molecule has 9 aromatic carbocycles. The van der Waals surface area contributed by atoms with Crippen molar-refractivity contribution in [3.05, 3.63) is 194 Å². The summed E-state index contributed by atoms with van der Waals surface area (Å²) in [4.78, 5) is 7.10. The molecule has 0 radical (unpaired) electrons. The van der Waals surface area contributed by atoms with Gasteiger partial charge in [0.15, 0.2) is 5.58 Å². The number of fused-ring (bicyclic) bond motifs is 7. The predicted molar refractivity (Wildman–Crippen MR) is 227 cm³/mol. The average Bonchev–Trinajstić information content (AvgIpc) is 3.86. The zero-order valence-corrected chi connectivity index (χ0v) is 29.7. The Morgan fingerprint density at radius 3 is 1.80 bits per heavy atom. The van der Waals surface area contributed by atoms with Crippen LogP contribution >= 0.6 is 0 Å². The summed E-state index contributed by atoms with van der Waals surface area (Å²) >= 11 is 0. The largest absolute Gasteiger partial charge is 0.455 e. The molecule has 0 N–H and O–H groups in total. The van der Waals surface area contributed by atoms with Crippen LogP contribution in [0, 0.1) is 0 Å². The first-order valence-electron chi connectivity index (χ1n) is 18.5. The summed E-state index contributed by atoms with van der Waals surface area (Å²) in [5.41, 5.74) is 12.2. The molecule has 55 heavy (non-hydrogen) atoms. The van der Waals surface area contributed by atoms with E-state index in [0.29, 0.717) is 5.89 Å². The van der Waals surface area contributed by atoms with Crippen LogP contribution in [-0.4, -0.2) is 4.98 Å². The van der Waals surface area contributed by atoms with Crippen molar-refractivity contribution >= 4 is 71.6 Å². The van der Waals surface area contributed by atoms with E-state index in [0.717, 1.165) is 77.6 Å². The molecule has 4 heteroatoms. The first kappa shape index (κ1) is 31.1. The van der Waals surface area contributed by atoms with Crippen molar-refractivity contribution in [1.82, 2.24) is 4.98 Å². The van der Waals surface area contributed by atoms with Gasteiger partial charge in [-0.15, -0.1) is 0 Å². The van der Waals surface area contributed by atoms with E-state index in [4.69, 9.17) is 13.8 Å². The second-order valence-electron chi connectivity index (χ2n) is 14.0. The van der Waals surface area contributed by atoms with Gasteiger partial charge in [0.2, 0.25) is 5.89 Å². The van der Waals surface area contributed by atoms with Gasteiger partial charge in [-0.05, 0) is 111 Å². The van der Waals surface area contributed by atoms with Gasteiger partial charge < -0.3 is 13.7 Å². The molecule has 258 valence electrons. The van der Waals surface area contributed by atoms with Crippen LogP contribution in [0.4, 0.5) is 17.1 Å². The minimum absolute atomic E-state index is 0.597. The molecule has 0 spiro atoms. The van der Waals surface area contributed by atoms with E-state index >= 15 is 0 Å². The van der Waals surface area contributed by atoms with Crippen LogP contribution in [0.1, 0.15) is 0 Å². The van der Waals surface area contributed by atoms with Crippen LogP contribution in [-0.2, 0) is 0 Å². The van der Waals surface area contributed by atoms with Crippen molar-refractivity contribution in [2.24, 2.45) is 0 Å². The Bertz CT molecular complexity index is 3160. The summed E-state index contributed by atoms with van der Waals surface area (Å²) in [6.07, 6.45) is 0. The SMILES string of the molecule is c1ccc(-c2ccc(N(c3ccc(-c4cc5c6cc(-c7nc8ccccc8o7)ccc6oc5c5ccccc45)cc3)c3ccc4ccccc4c3)cc2)cc1. The Labute approximate surface area is 317 Å². The number of aromatic nitrogens is 1. The Balaban J connectivity index is 1.03. The Morgan fingerprint density at radius 1 is 0.364 bits per heavy atom. The molecule has 0 aliphatic heterocycles. The molecule has 0 aliphatic rings. The number of benzene rings is 9. The number of hydrogen-bond acceptors (Lipinski definition) is 4. The quantitative estimate of drug-likeness (QED) is 0.173. The Hall–Kier alpha value is -7.43. The number of oxazole rings is 1. The minimum Gasteiger partial charge on any atom is -0.455 e. The molecule has 0 unspecified atom stereocenters. The molecule has 0 atom stereocenters. The summed E-state index contributed by atoms with van der Waals surface area (Å²) in [7, 11) is 0. The molecule has 0 bridgehead atoms.